The van der Waals surface area contributed by atoms with Gasteiger partial charge in [-0.1, -0.05) is 18.2 Å². The predicted molar refractivity (Wildman–Crippen MR) is 93.5 cm³/mol. The normalized spacial score (nSPS) is 13.0. The maximum Gasteiger partial charge on any atom is 0.175 e. The van der Waals surface area contributed by atoms with Crippen LogP contribution in [0.5, 0.6) is 17.2 Å². The second-order valence-electron chi connectivity index (χ2n) is 5.39. The van der Waals surface area contributed by atoms with Crippen molar-refractivity contribution in [2.45, 2.75) is 13.5 Å². The van der Waals surface area contributed by atoms with Gasteiger partial charge in [0.05, 0.1) is 4.47 Å². The highest BCUT2D eigenvalue weighted by Gasteiger charge is 2.16. The number of hydrogen-bond acceptors (Lipinski definition) is 4. The molecule has 3 rings (SSSR count). The summed E-state index contributed by atoms with van der Waals surface area (Å²) in [5.74, 6) is 2.54. The third-order valence-electron chi connectivity index (χ3n) is 3.62. The van der Waals surface area contributed by atoms with Crippen molar-refractivity contribution in [2.75, 3.05) is 26.4 Å². The second-order valence-corrected chi connectivity index (χ2v) is 6.25. The molecular weight excluding hydrogens is 358 g/mol. The van der Waals surface area contributed by atoms with E-state index >= 15 is 0 Å². The third-order valence-corrected chi connectivity index (χ3v) is 4.20. The van der Waals surface area contributed by atoms with Crippen molar-refractivity contribution in [3.05, 3.63) is 52.0 Å². The first kappa shape index (κ1) is 16.1. The van der Waals surface area contributed by atoms with Crippen molar-refractivity contribution in [1.29, 1.82) is 0 Å². The molecule has 122 valence electrons. The molecular formula is C18H20BrNO3. The van der Waals surface area contributed by atoms with Gasteiger partial charge in [-0.25, -0.2) is 0 Å². The van der Waals surface area contributed by atoms with Gasteiger partial charge in [0.1, 0.15) is 25.6 Å². The van der Waals surface area contributed by atoms with E-state index in [1.807, 2.05) is 24.3 Å². The molecule has 0 radical (unpaired) electrons. The highest BCUT2D eigenvalue weighted by atomic mass is 79.9. The standard InChI is InChI=1S/C18H20BrNO3/c1-13-4-2-3-5-16(13)21-7-6-20-12-14-10-15(19)18-17(11-14)22-8-9-23-18/h2-5,10-11,20H,6-9,12H2,1H3. The summed E-state index contributed by atoms with van der Waals surface area (Å²) in [6.07, 6.45) is 0. The van der Waals surface area contributed by atoms with Crippen LogP contribution in [0.4, 0.5) is 0 Å². The van der Waals surface area contributed by atoms with Gasteiger partial charge in [0.2, 0.25) is 0 Å². The summed E-state index contributed by atoms with van der Waals surface area (Å²) in [4.78, 5) is 0. The van der Waals surface area contributed by atoms with Gasteiger partial charge in [0, 0.05) is 13.1 Å². The lowest BCUT2D eigenvalue weighted by Gasteiger charge is -2.20. The molecule has 0 bridgehead atoms. The monoisotopic (exact) mass is 377 g/mol. The first-order chi connectivity index (χ1) is 11.2. The molecule has 1 heterocycles. The lowest BCUT2D eigenvalue weighted by atomic mass is 10.2. The number of para-hydroxylation sites is 1. The zero-order chi connectivity index (χ0) is 16.1. The Balaban J connectivity index is 1.48. The van der Waals surface area contributed by atoms with Gasteiger partial charge in [-0.15, -0.1) is 0 Å². The van der Waals surface area contributed by atoms with E-state index in [4.69, 9.17) is 14.2 Å². The van der Waals surface area contributed by atoms with Crippen LogP contribution in [0.1, 0.15) is 11.1 Å². The SMILES string of the molecule is Cc1ccccc1OCCNCc1cc(Br)c2c(c1)OCCO2. The quantitative estimate of drug-likeness (QED) is 0.779. The van der Waals surface area contributed by atoms with Crippen LogP contribution in [-0.4, -0.2) is 26.4 Å². The van der Waals surface area contributed by atoms with Gasteiger partial charge < -0.3 is 19.5 Å². The van der Waals surface area contributed by atoms with Crippen molar-refractivity contribution in [3.63, 3.8) is 0 Å². The van der Waals surface area contributed by atoms with Crippen LogP contribution in [0.3, 0.4) is 0 Å². The van der Waals surface area contributed by atoms with Crippen LogP contribution < -0.4 is 19.5 Å². The number of fused-ring (bicyclic) bond motifs is 1. The van der Waals surface area contributed by atoms with E-state index in [-0.39, 0.29) is 0 Å². The van der Waals surface area contributed by atoms with Gasteiger partial charge >= 0.3 is 0 Å². The molecule has 0 aromatic heterocycles. The zero-order valence-electron chi connectivity index (χ0n) is 13.1. The van der Waals surface area contributed by atoms with E-state index < -0.39 is 0 Å². The van der Waals surface area contributed by atoms with E-state index in [9.17, 15) is 0 Å². The topological polar surface area (TPSA) is 39.7 Å². The fraction of sp³-hybridized carbons (Fsp3) is 0.333. The summed E-state index contributed by atoms with van der Waals surface area (Å²) >= 11 is 3.54. The Morgan fingerprint density at radius 2 is 2.00 bits per heavy atom. The molecule has 0 atom stereocenters. The Kier molecular flexibility index (Phi) is 5.41. The molecule has 1 aliphatic heterocycles. The number of ether oxygens (including phenoxy) is 3. The summed E-state index contributed by atoms with van der Waals surface area (Å²) in [7, 11) is 0. The molecule has 0 unspecified atom stereocenters. The number of benzene rings is 2. The average Bonchev–Trinajstić information content (AvgIpc) is 2.56. The highest BCUT2D eigenvalue weighted by Crippen LogP contribution is 2.38. The summed E-state index contributed by atoms with van der Waals surface area (Å²) in [6, 6.07) is 12.1. The van der Waals surface area contributed by atoms with Crippen LogP contribution in [0.2, 0.25) is 0 Å². The summed E-state index contributed by atoms with van der Waals surface area (Å²) in [5, 5.41) is 3.38. The number of nitrogens with one attached hydrogen (secondary N) is 1. The maximum atomic E-state index is 5.77. The van der Waals surface area contributed by atoms with Crippen molar-refractivity contribution >= 4 is 15.9 Å². The fourth-order valence-electron chi connectivity index (χ4n) is 2.45. The lowest BCUT2D eigenvalue weighted by Crippen LogP contribution is -2.21. The number of halogens is 1. The van der Waals surface area contributed by atoms with E-state index in [0.717, 1.165) is 45.9 Å². The van der Waals surface area contributed by atoms with Gasteiger partial charge in [-0.3, -0.25) is 0 Å². The van der Waals surface area contributed by atoms with Crippen molar-refractivity contribution in [3.8, 4) is 17.2 Å². The summed E-state index contributed by atoms with van der Waals surface area (Å²) < 4.78 is 17.9. The minimum Gasteiger partial charge on any atom is -0.492 e. The van der Waals surface area contributed by atoms with E-state index in [2.05, 4.69) is 40.3 Å². The Morgan fingerprint density at radius 3 is 2.87 bits per heavy atom. The molecule has 23 heavy (non-hydrogen) atoms. The highest BCUT2D eigenvalue weighted by molar-refractivity contribution is 9.10. The van der Waals surface area contributed by atoms with E-state index in [1.54, 1.807) is 0 Å². The molecule has 1 aliphatic rings. The summed E-state index contributed by atoms with van der Waals surface area (Å²) in [5.41, 5.74) is 2.31. The molecule has 5 heteroatoms. The van der Waals surface area contributed by atoms with E-state index in [1.165, 1.54) is 0 Å². The fourth-order valence-corrected chi connectivity index (χ4v) is 3.05. The predicted octanol–water partition coefficient (Wildman–Crippen LogP) is 3.70. The molecule has 4 nitrogen and oxygen atoms in total. The van der Waals surface area contributed by atoms with Crippen LogP contribution in [-0.2, 0) is 6.54 Å². The zero-order valence-corrected chi connectivity index (χ0v) is 14.7. The Morgan fingerprint density at radius 1 is 1.17 bits per heavy atom. The first-order valence-electron chi connectivity index (χ1n) is 7.71. The Hall–Kier alpha value is -1.72. The molecule has 2 aromatic rings. The van der Waals surface area contributed by atoms with Crippen molar-refractivity contribution in [1.82, 2.24) is 5.32 Å². The Labute approximate surface area is 144 Å². The smallest absolute Gasteiger partial charge is 0.175 e. The van der Waals surface area contributed by atoms with Gasteiger partial charge in [-0.2, -0.15) is 0 Å². The van der Waals surface area contributed by atoms with Gasteiger partial charge in [-0.05, 0) is 52.2 Å². The minimum absolute atomic E-state index is 0.597. The molecule has 0 spiro atoms. The molecule has 0 saturated heterocycles. The number of rotatable bonds is 6. The van der Waals surface area contributed by atoms with E-state index in [0.29, 0.717) is 19.8 Å². The van der Waals surface area contributed by atoms with Crippen LogP contribution >= 0.6 is 15.9 Å². The van der Waals surface area contributed by atoms with Crippen molar-refractivity contribution in [2.24, 2.45) is 0 Å². The Bertz CT molecular complexity index is 675. The maximum absolute atomic E-state index is 5.77. The molecule has 1 N–H and O–H groups in total. The van der Waals surface area contributed by atoms with Gasteiger partial charge in [0.15, 0.2) is 11.5 Å². The molecule has 0 amide bonds. The van der Waals surface area contributed by atoms with Crippen molar-refractivity contribution < 1.29 is 14.2 Å². The van der Waals surface area contributed by atoms with Crippen LogP contribution in [0, 0.1) is 6.92 Å². The molecule has 0 saturated carbocycles. The molecule has 0 fully saturated rings. The van der Waals surface area contributed by atoms with Crippen LogP contribution in [0.15, 0.2) is 40.9 Å². The molecule has 2 aromatic carbocycles. The minimum atomic E-state index is 0.597. The first-order valence-corrected chi connectivity index (χ1v) is 8.50. The lowest BCUT2D eigenvalue weighted by molar-refractivity contribution is 0.170. The van der Waals surface area contributed by atoms with Gasteiger partial charge in [0.25, 0.3) is 0 Å². The second kappa shape index (κ2) is 7.70. The number of hydrogen-bond donors (Lipinski definition) is 1. The number of aryl methyl sites for hydroxylation is 1. The largest absolute Gasteiger partial charge is 0.492 e. The molecule has 0 aliphatic carbocycles. The third kappa shape index (κ3) is 4.18. The summed E-state index contributed by atoms with van der Waals surface area (Å²) in [6.45, 7) is 5.42. The average molecular weight is 378 g/mol. The van der Waals surface area contributed by atoms with Crippen LogP contribution in [0.25, 0.3) is 0 Å².